The van der Waals surface area contributed by atoms with Crippen LogP contribution in [-0.2, 0) is 16.0 Å². The normalized spacial score (nSPS) is 17.3. The van der Waals surface area contributed by atoms with Gasteiger partial charge in [0.05, 0.1) is 0 Å². The number of anilines is 1. The van der Waals surface area contributed by atoms with Crippen molar-refractivity contribution in [1.29, 1.82) is 0 Å². The molecule has 1 atom stereocenters. The largest absolute Gasteiger partial charge is 0.326 e. The second-order valence-electron chi connectivity index (χ2n) is 5.71. The third-order valence-electron chi connectivity index (χ3n) is 3.76. The summed E-state index contributed by atoms with van der Waals surface area (Å²) >= 11 is 0. The maximum absolute atomic E-state index is 12.1. The number of amides is 4. The van der Waals surface area contributed by atoms with Crippen LogP contribution in [0.2, 0.25) is 0 Å². The van der Waals surface area contributed by atoms with Crippen molar-refractivity contribution in [2.75, 3.05) is 11.9 Å². The third-order valence-corrected chi connectivity index (χ3v) is 3.76. The first-order chi connectivity index (χ1) is 11.0. The van der Waals surface area contributed by atoms with Crippen LogP contribution < -0.4 is 10.6 Å². The van der Waals surface area contributed by atoms with E-state index in [-0.39, 0.29) is 18.4 Å². The molecule has 1 aliphatic rings. The number of aryl methyl sites for hydroxylation is 1. The Labute approximate surface area is 136 Å². The number of imide groups is 1. The molecule has 1 heterocycles. The van der Waals surface area contributed by atoms with Crippen LogP contribution in [0, 0.1) is 0 Å². The molecular weight excluding hydrogens is 294 g/mol. The van der Waals surface area contributed by atoms with Gasteiger partial charge in [0.2, 0.25) is 5.91 Å². The lowest BCUT2D eigenvalue weighted by Crippen LogP contribution is -2.38. The van der Waals surface area contributed by atoms with Crippen molar-refractivity contribution in [2.24, 2.45) is 0 Å². The number of nitrogens with zero attached hydrogens (tertiary/aromatic N) is 1. The lowest BCUT2D eigenvalue weighted by molar-refractivity contribution is -0.130. The van der Waals surface area contributed by atoms with Crippen LogP contribution in [0.3, 0.4) is 0 Å². The van der Waals surface area contributed by atoms with Crippen molar-refractivity contribution in [3.8, 4) is 0 Å². The Bertz CT molecular complexity index is 583. The first kappa shape index (κ1) is 17.0. The molecule has 1 aromatic rings. The maximum atomic E-state index is 12.1. The van der Waals surface area contributed by atoms with E-state index in [0.717, 1.165) is 24.2 Å². The molecule has 23 heavy (non-hydrogen) atoms. The van der Waals surface area contributed by atoms with E-state index in [0.29, 0.717) is 12.1 Å². The lowest BCUT2D eigenvalue weighted by Gasteiger charge is -2.13. The zero-order valence-electron chi connectivity index (χ0n) is 13.6. The lowest BCUT2D eigenvalue weighted by atomic mass is 10.1. The number of rotatable bonds is 7. The Morgan fingerprint density at radius 2 is 1.87 bits per heavy atom. The van der Waals surface area contributed by atoms with Crippen molar-refractivity contribution < 1.29 is 14.4 Å². The fourth-order valence-corrected chi connectivity index (χ4v) is 2.60. The van der Waals surface area contributed by atoms with E-state index in [1.165, 1.54) is 5.56 Å². The molecule has 6 nitrogen and oxygen atoms in total. The highest BCUT2D eigenvalue weighted by Crippen LogP contribution is 2.13. The summed E-state index contributed by atoms with van der Waals surface area (Å²) in [6, 6.07) is 6.58. The van der Waals surface area contributed by atoms with Crippen LogP contribution in [0.25, 0.3) is 0 Å². The van der Waals surface area contributed by atoms with Crippen molar-refractivity contribution in [3.63, 3.8) is 0 Å². The van der Waals surface area contributed by atoms with E-state index >= 15 is 0 Å². The first-order valence-corrected chi connectivity index (χ1v) is 8.05. The van der Waals surface area contributed by atoms with Crippen molar-refractivity contribution in [3.05, 3.63) is 29.8 Å². The van der Waals surface area contributed by atoms with Crippen LogP contribution in [0.15, 0.2) is 24.3 Å². The molecule has 0 aromatic heterocycles. The molecule has 0 bridgehead atoms. The zero-order chi connectivity index (χ0) is 16.8. The molecule has 4 amide bonds. The van der Waals surface area contributed by atoms with E-state index < -0.39 is 12.1 Å². The third kappa shape index (κ3) is 4.31. The molecule has 1 unspecified atom stereocenters. The molecule has 6 heteroatoms. The van der Waals surface area contributed by atoms with E-state index in [4.69, 9.17) is 0 Å². The molecule has 2 N–H and O–H groups in total. The van der Waals surface area contributed by atoms with Gasteiger partial charge in [0.15, 0.2) is 0 Å². The minimum absolute atomic E-state index is 0.262. The molecule has 1 fully saturated rings. The summed E-state index contributed by atoms with van der Waals surface area (Å²) in [4.78, 5) is 36.9. The SMILES string of the molecule is CCCc1ccc(NC(=O)CN2C(=O)NC(CCC)C2=O)cc1. The summed E-state index contributed by atoms with van der Waals surface area (Å²) in [5.74, 6) is -0.709. The molecule has 0 spiro atoms. The van der Waals surface area contributed by atoms with Crippen LogP contribution in [-0.4, -0.2) is 35.3 Å². The Balaban J connectivity index is 1.91. The van der Waals surface area contributed by atoms with E-state index in [1.807, 2.05) is 31.2 Å². The average molecular weight is 317 g/mol. The highest BCUT2D eigenvalue weighted by molar-refractivity contribution is 6.07. The summed E-state index contributed by atoms with van der Waals surface area (Å²) in [7, 11) is 0. The summed E-state index contributed by atoms with van der Waals surface area (Å²) < 4.78 is 0. The predicted molar refractivity (Wildman–Crippen MR) is 88.0 cm³/mol. The highest BCUT2D eigenvalue weighted by Gasteiger charge is 2.38. The molecule has 0 radical (unpaired) electrons. The maximum Gasteiger partial charge on any atom is 0.325 e. The van der Waals surface area contributed by atoms with Crippen molar-refractivity contribution in [1.82, 2.24) is 10.2 Å². The Morgan fingerprint density at radius 1 is 1.17 bits per heavy atom. The summed E-state index contributed by atoms with van der Waals surface area (Å²) in [6.07, 6.45) is 3.44. The Hall–Kier alpha value is -2.37. The number of hydrogen-bond acceptors (Lipinski definition) is 3. The van der Waals surface area contributed by atoms with Gasteiger partial charge in [0, 0.05) is 5.69 Å². The molecular formula is C17H23N3O3. The quantitative estimate of drug-likeness (QED) is 0.757. The van der Waals surface area contributed by atoms with Gasteiger partial charge in [-0.25, -0.2) is 4.79 Å². The molecule has 1 saturated heterocycles. The van der Waals surface area contributed by atoms with Gasteiger partial charge in [0.25, 0.3) is 5.91 Å². The zero-order valence-corrected chi connectivity index (χ0v) is 13.6. The number of nitrogens with one attached hydrogen (secondary N) is 2. The van der Waals surface area contributed by atoms with Gasteiger partial charge >= 0.3 is 6.03 Å². The highest BCUT2D eigenvalue weighted by atomic mass is 16.2. The number of urea groups is 1. The van der Waals surface area contributed by atoms with Gasteiger partial charge < -0.3 is 10.6 Å². The molecule has 0 aliphatic carbocycles. The van der Waals surface area contributed by atoms with Gasteiger partial charge in [-0.2, -0.15) is 0 Å². The minimum atomic E-state index is -0.506. The first-order valence-electron chi connectivity index (χ1n) is 8.05. The number of hydrogen-bond donors (Lipinski definition) is 2. The molecule has 124 valence electrons. The van der Waals surface area contributed by atoms with Gasteiger partial charge in [-0.3, -0.25) is 14.5 Å². The fourth-order valence-electron chi connectivity index (χ4n) is 2.60. The number of carbonyl (C=O) groups excluding carboxylic acids is 3. The van der Waals surface area contributed by atoms with Crippen LogP contribution in [0.5, 0.6) is 0 Å². The number of benzene rings is 1. The standard InChI is InChI=1S/C17H23N3O3/c1-3-5-12-7-9-13(10-8-12)18-15(21)11-20-16(22)14(6-4-2)19-17(20)23/h7-10,14H,3-6,11H2,1-2H3,(H,18,21)(H,19,23). The van der Waals surface area contributed by atoms with Gasteiger partial charge in [0.1, 0.15) is 12.6 Å². The van der Waals surface area contributed by atoms with E-state index in [1.54, 1.807) is 0 Å². The topological polar surface area (TPSA) is 78.5 Å². The van der Waals surface area contributed by atoms with Crippen molar-refractivity contribution in [2.45, 2.75) is 45.6 Å². The smallest absolute Gasteiger partial charge is 0.325 e. The summed E-state index contributed by atoms with van der Waals surface area (Å²) in [6.45, 7) is 3.79. The monoisotopic (exact) mass is 317 g/mol. The molecule has 1 aromatic carbocycles. The van der Waals surface area contributed by atoms with Gasteiger partial charge in [-0.15, -0.1) is 0 Å². The minimum Gasteiger partial charge on any atom is -0.326 e. The van der Waals surface area contributed by atoms with E-state index in [9.17, 15) is 14.4 Å². The Kier molecular flexibility index (Phi) is 5.73. The van der Waals surface area contributed by atoms with E-state index in [2.05, 4.69) is 17.6 Å². The predicted octanol–water partition coefficient (Wildman–Crippen LogP) is 2.30. The summed E-state index contributed by atoms with van der Waals surface area (Å²) in [5, 5.41) is 5.32. The van der Waals surface area contributed by atoms with Crippen molar-refractivity contribution >= 4 is 23.5 Å². The van der Waals surface area contributed by atoms with Gasteiger partial charge in [-0.1, -0.05) is 38.8 Å². The summed E-state index contributed by atoms with van der Waals surface area (Å²) in [5.41, 5.74) is 1.87. The molecule has 0 saturated carbocycles. The van der Waals surface area contributed by atoms with Gasteiger partial charge in [-0.05, 0) is 30.5 Å². The fraction of sp³-hybridized carbons (Fsp3) is 0.471. The molecule has 1 aliphatic heterocycles. The molecule has 2 rings (SSSR count). The van der Waals surface area contributed by atoms with Crippen LogP contribution in [0.4, 0.5) is 10.5 Å². The van der Waals surface area contributed by atoms with Crippen LogP contribution >= 0.6 is 0 Å². The van der Waals surface area contributed by atoms with Crippen LogP contribution in [0.1, 0.15) is 38.7 Å². The number of carbonyl (C=O) groups is 3. The Morgan fingerprint density at radius 3 is 2.48 bits per heavy atom. The second-order valence-corrected chi connectivity index (χ2v) is 5.71. The second kappa shape index (κ2) is 7.76. The average Bonchev–Trinajstić information content (AvgIpc) is 2.78.